The summed E-state index contributed by atoms with van der Waals surface area (Å²) in [5.74, 6) is 0. The number of hydrogen-bond donors (Lipinski definition) is 1. The smallest absolute Gasteiger partial charge is 0.0849 e. The number of rotatable bonds is 2. The maximum Gasteiger partial charge on any atom is 0.0849 e. The van der Waals surface area contributed by atoms with Crippen LogP contribution in [0.5, 0.6) is 0 Å². The SMILES string of the molecule is CO[C@@H]1CN(C(C)C)CC[C@@H]1N. The number of ether oxygens (including phenoxy) is 1. The summed E-state index contributed by atoms with van der Waals surface area (Å²) in [7, 11) is 1.74. The second kappa shape index (κ2) is 4.21. The minimum absolute atomic E-state index is 0.223. The molecule has 0 radical (unpaired) electrons. The highest BCUT2D eigenvalue weighted by Gasteiger charge is 2.27. The minimum Gasteiger partial charge on any atom is -0.379 e. The third-order valence-electron chi connectivity index (χ3n) is 2.67. The molecule has 1 saturated heterocycles. The predicted octanol–water partition coefficient (Wildman–Crippen LogP) is 0.443. The molecule has 1 rings (SSSR count). The van der Waals surface area contributed by atoms with E-state index >= 15 is 0 Å². The first-order valence-electron chi connectivity index (χ1n) is 4.67. The van der Waals surface area contributed by atoms with Crippen molar-refractivity contribution in [3.63, 3.8) is 0 Å². The zero-order valence-corrected chi connectivity index (χ0v) is 8.29. The van der Waals surface area contributed by atoms with Gasteiger partial charge in [-0.15, -0.1) is 0 Å². The molecule has 1 fully saturated rings. The highest BCUT2D eigenvalue weighted by Crippen LogP contribution is 2.13. The lowest BCUT2D eigenvalue weighted by Gasteiger charge is -2.38. The van der Waals surface area contributed by atoms with Gasteiger partial charge in [-0.05, 0) is 20.3 Å². The first-order valence-corrected chi connectivity index (χ1v) is 4.67. The van der Waals surface area contributed by atoms with E-state index in [9.17, 15) is 0 Å². The zero-order valence-electron chi connectivity index (χ0n) is 8.29. The third-order valence-corrected chi connectivity index (χ3v) is 2.67. The van der Waals surface area contributed by atoms with Crippen LogP contribution in [0.4, 0.5) is 0 Å². The van der Waals surface area contributed by atoms with Crippen LogP contribution < -0.4 is 5.73 Å². The number of methoxy groups -OCH3 is 1. The molecule has 3 heteroatoms. The molecule has 0 aliphatic carbocycles. The van der Waals surface area contributed by atoms with Gasteiger partial charge in [-0.1, -0.05) is 0 Å². The van der Waals surface area contributed by atoms with Gasteiger partial charge in [-0.25, -0.2) is 0 Å². The topological polar surface area (TPSA) is 38.5 Å². The van der Waals surface area contributed by atoms with Crippen LogP contribution in [0.1, 0.15) is 20.3 Å². The zero-order chi connectivity index (χ0) is 9.14. The molecule has 1 aliphatic rings. The lowest BCUT2D eigenvalue weighted by atomic mass is 10.0. The van der Waals surface area contributed by atoms with Crippen LogP contribution in [0.2, 0.25) is 0 Å². The Labute approximate surface area is 74.9 Å². The molecule has 0 aromatic heterocycles. The Morgan fingerprint density at radius 2 is 2.17 bits per heavy atom. The van der Waals surface area contributed by atoms with E-state index in [0.717, 1.165) is 19.5 Å². The molecule has 0 spiro atoms. The molecule has 0 aromatic rings. The standard InChI is InChI=1S/C9H20N2O/c1-7(2)11-5-4-8(10)9(6-11)12-3/h7-9H,4-6,10H2,1-3H3/t8-,9+/m0/s1. The summed E-state index contributed by atoms with van der Waals surface area (Å²) in [6.45, 7) is 6.52. The van der Waals surface area contributed by atoms with Gasteiger partial charge in [0.05, 0.1) is 6.10 Å². The summed E-state index contributed by atoms with van der Waals surface area (Å²) < 4.78 is 5.32. The summed E-state index contributed by atoms with van der Waals surface area (Å²) in [6.07, 6.45) is 1.28. The maximum absolute atomic E-state index is 5.90. The Morgan fingerprint density at radius 3 is 2.67 bits per heavy atom. The Bertz CT molecular complexity index is 138. The molecule has 72 valence electrons. The van der Waals surface area contributed by atoms with Crippen LogP contribution >= 0.6 is 0 Å². The first kappa shape index (κ1) is 9.96. The molecule has 0 saturated carbocycles. The molecule has 3 nitrogen and oxygen atoms in total. The van der Waals surface area contributed by atoms with Gasteiger partial charge in [0.2, 0.25) is 0 Å². The number of piperidine rings is 1. The molecule has 2 N–H and O–H groups in total. The Morgan fingerprint density at radius 1 is 1.50 bits per heavy atom. The average molecular weight is 172 g/mol. The van der Waals surface area contributed by atoms with E-state index in [0.29, 0.717) is 6.04 Å². The van der Waals surface area contributed by atoms with Gasteiger partial charge in [0.15, 0.2) is 0 Å². The van der Waals surface area contributed by atoms with Crippen LogP contribution in [-0.2, 0) is 4.74 Å². The van der Waals surface area contributed by atoms with Crippen LogP contribution in [-0.4, -0.2) is 43.3 Å². The number of nitrogens with two attached hydrogens (primary N) is 1. The van der Waals surface area contributed by atoms with Gasteiger partial charge in [0.1, 0.15) is 0 Å². The van der Waals surface area contributed by atoms with Gasteiger partial charge in [0, 0.05) is 32.3 Å². The van der Waals surface area contributed by atoms with Crippen LogP contribution in [0.15, 0.2) is 0 Å². The summed E-state index contributed by atoms with van der Waals surface area (Å²) >= 11 is 0. The van der Waals surface area contributed by atoms with Crippen molar-refractivity contribution in [1.82, 2.24) is 4.90 Å². The van der Waals surface area contributed by atoms with E-state index in [2.05, 4.69) is 18.7 Å². The van der Waals surface area contributed by atoms with Gasteiger partial charge in [0.25, 0.3) is 0 Å². The highest BCUT2D eigenvalue weighted by molar-refractivity contribution is 4.84. The van der Waals surface area contributed by atoms with Gasteiger partial charge in [-0.3, -0.25) is 4.90 Å². The Kier molecular flexibility index (Phi) is 3.50. The molecule has 1 aliphatic heterocycles. The van der Waals surface area contributed by atoms with Gasteiger partial charge in [-0.2, -0.15) is 0 Å². The summed E-state index contributed by atoms with van der Waals surface area (Å²) in [5, 5.41) is 0. The second-order valence-corrected chi connectivity index (χ2v) is 3.82. The number of likely N-dealkylation sites (tertiary alicyclic amines) is 1. The summed E-state index contributed by atoms with van der Waals surface area (Å²) in [5.41, 5.74) is 5.90. The van der Waals surface area contributed by atoms with E-state index in [-0.39, 0.29) is 12.1 Å². The van der Waals surface area contributed by atoms with Crippen LogP contribution in [0.3, 0.4) is 0 Å². The van der Waals surface area contributed by atoms with E-state index < -0.39 is 0 Å². The number of nitrogens with zero attached hydrogens (tertiary/aromatic N) is 1. The molecule has 0 unspecified atom stereocenters. The largest absolute Gasteiger partial charge is 0.379 e. The molecule has 0 aromatic carbocycles. The lowest BCUT2D eigenvalue weighted by Crippen LogP contribution is -2.53. The third kappa shape index (κ3) is 2.19. The summed E-state index contributed by atoms with van der Waals surface area (Å²) in [6, 6.07) is 0.833. The molecule has 0 amide bonds. The fourth-order valence-corrected chi connectivity index (χ4v) is 1.68. The normalized spacial score (nSPS) is 32.8. The second-order valence-electron chi connectivity index (χ2n) is 3.82. The van der Waals surface area contributed by atoms with Crippen molar-refractivity contribution in [2.75, 3.05) is 20.2 Å². The van der Waals surface area contributed by atoms with Crippen molar-refractivity contribution in [3.8, 4) is 0 Å². The average Bonchev–Trinajstić information content (AvgIpc) is 2.05. The van der Waals surface area contributed by atoms with Crippen molar-refractivity contribution in [2.45, 2.75) is 38.5 Å². The molecular weight excluding hydrogens is 152 g/mol. The van der Waals surface area contributed by atoms with Gasteiger partial charge < -0.3 is 10.5 Å². The van der Waals surface area contributed by atoms with Crippen molar-refractivity contribution in [2.24, 2.45) is 5.73 Å². The Balaban J connectivity index is 2.44. The monoisotopic (exact) mass is 172 g/mol. The van der Waals surface area contributed by atoms with E-state index in [1.54, 1.807) is 7.11 Å². The fraction of sp³-hybridized carbons (Fsp3) is 1.00. The molecule has 2 atom stereocenters. The lowest BCUT2D eigenvalue weighted by molar-refractivity contribution is 0.00644. The molecule has 0 bridgehead atoms. The van der Waals surface area contributed by atoms with Crippen molar-refractivity contribution in [3.05, 3.63) is 0 Å². The highest BCUT2D eigenvalue weighted by atomic mass is 16.5. The first-order chi connectivity index (χ1) is 5.65. The van der Waals surface area contributed by atoms with Crippen molar-refractivity contribution in [1.29, 1.82) is 0 Å². The minimum atomic E-state index is 0.223. The van der Waals surface area contributed by atoms with Crippen LogP contribution in [0.25, 0.3) is 0 Å². The van der Waals surface area contributed by atoms with Crippen LogP contribution in [0, 0.1) is 0 Å². The summed E-state index contributed by atoms with van der Waals surface area (Å²) in [4.78, 5) is 2.41. The van der Waals surface area contributed by atoms with Crippen molar-refractivity contribution < 1.29 is 4.74 Å². The number of hydrogen-bond acceptors (Lipinski definition) is 3. The van der Waals surface area contributed by atoms with E-state index in [4.69, 9.17) is 10.5 Å². The van der Waals surface area contributed by atoms with Gasteiger partial charge >= 0.3 is 0 Å². The molecular formula is C9H20N2O. The van der Waals surface area contributed by atoms with E-state index in [1.807, 2.05) is 0 Å². The quantitative estimate of drug-likeness (QED) is 0.657. The van der Waals surface area contributed by atoms with Crippen molar-refractivity contribution >= 4 is 0 Å². The molecule has 12 heavy (non-hydrogen) atoms. The predicted molar refractivity (Wildman–Crippen MR) is 50.1 cm³/mol. The fourth-order valence-electron chi connectivity index (χ4n) is 1.68. The maximum atomic E-state index is 5.90. The van der Waals surface area contributed by atoms with E-state index in [1.165, 1.54) is 0 Å². The molecule has 1 heterocycles. The Hall–Kier alpha value is -0.120.